The quantitative estimate of drug-likeness (QED) is 0.638. The highest BCUT2D eigenvalue weighted by atomic mass is 16.5. The number of amides is 1. The fourth-order valence-electron chi connectivity index (χ4n) is 3.68. The summed E-state index contributed by atoms with van der Waals surface area (Å²) >= 11 is 0. The zero-order valence-corrected chi connectivity index (χ0v) is 17.5. The molecule has 1 amide bonds. The van der Waals surface area contributed by atoms with E-state index in [0.717, 1.165) is 50.4 Å². The van der Waals surface area contributed by atoms with Crippen LogP contribution >= 0.6 is 0 Å². The molecule has 1 saturated heterocycles. The Morgan fingerprint density at radius 1 is 1.28 bits per heavy atom. The first-order valence-corrected chi connectivity index (χ1v) is 10.0. The number of ether oxygens (including phenoxy) is 2. The molecule has 0 aliphatic carbocycles. The number of carbonyl (C=O) groups is 1. The van der Waals surface area contributed by atoms with Crippen molar-refractivity contribution in [3.63, 3.8) is 0 Å². The summed E-state index contributed by atoms with van der Waals surface area (Å²) < 4.78 is 16.0. The third kappa shape index (κ3) is 5.64. The maximum atomic E-state index is 12.5. The van der Waals surface area contributed by atoms with Crippen LogP contribution in [0.25, 0.3) is 6.08 Å². The summed E-state index contributed by atoms with van der Waals surface area (Å²) in [6.07, 6.45) is 7.98. The van der Waals surface area contributed by atoms with Gasteiger partial charge in [-0.25, -0.2) is 0 Å². The Morgan fingerprint density at radius 2 is 2.10 bits per heavy atom. The van der Waals surface area contributed by atoms with Gasteiger partial charge in [-0.1, -0.05) is 6.07 Å². The topological polar surface area (TPSA) is 55.2 Å². The first kappa shape index (κ1) is 21.0. The second kappa shape index (κ2) is 10.2. The number of furan rings is 1. The molecule has 3 rings (SSSR count). The lowest BCUT2D eigenvalue weighted by Crippen LogP contribution is -2.48. The normalized spacial score (nSPS) is 17.1. The van der Waals surface area contributed by atoms with Crippen molar-refractivity contribution in [1.29, 1.82) is 0 Å². The van der Waals surface area contributed by atoms with Crippen molar-refractivity contribution in [3.05, 3.63) is 54.0 Å². The lowest BCUT2D eigenvalue weighted by atomic mass is 10.0. The third-order valence-corrected chi connectivity index (χ3v) is 5.47. The summed E-state index contributed by atoms with van der Waals surface area (Å²) in [5, 5.41) is 0. The van der Waals surface area contributed by atoms with Crippen molar-refractivity contribution in [2.45, 2.75) is 25.3 Å². The largest absolute Gasteiger partial charge is 0.493 e. The van der Waals surface area contributed by atoms with Gasteiger partial charge in [-0.3, -0.25) is 4.79 Å². The Labute approximate surface area is 172 Å². The van der Waals surface area contributed by atoms with Crippen molar-refractivity contribution < 1.29 is 18.7 Å². The van der Waals surface area contributed by atoms with Gasteiger partial charge in [-0.2, -0.15) is 0 Å². The molecule has 2 aromatic rings. The fourth-order valence-corrected chi connectivity index (χ4v) is 3.68. The van der Waals surface area contributed by atoms with Crippen LogP contribution in [-0.2, 0) is 11.2 Å². The predicted molar refractivity (Wildman–Crippen MR) is 113 cm³/mol. The highest BCUT2D eigenvalue weighted by molar-refractivity contribution is 5.91. The first-order chi connectivity index (χ1) is 14.1. The number of hydrogen-bond acceptors (Lipinski definition) is 5. The molecule has 156 valence electrons. The van der Waals surface area contributed by atoms with Crippen molar-refractivity contribution in [1.82, 2.24) is 9.80 Å². The van der Waals surface area contributed by atoms with Gasteiger partial charge in [0.1, 0.15) is 5.76 Å². The molecule has 1 aromatic heterocycles. The van der Waals surface area contributed by atoms with Crippen molar-refractivity contribution >= 4 is 12.0 Å². The smallest absolute Gasteiger partial charge is 0.246 e. The van der Waals surface area contributed by atoms with Gasteiger partial charge in [0.2, 0.25) is 5.91 Å². The maximum Gasteiger partial charge on any atom is 0.246 e. The van der Waals surface area contributed by atoms with Crippen molar-refractivity contribution in [3.8, 4) is 11.5 Å². The van der Waals surface area contributed by atoms with Gasteiger partial charge < -0.3 is 23.7 Å². The van der Waals surface area contributed by atoms with Gasteiger partial charge in [0.05, 0.1) is 20.5 Å². The second-order valence-electron chi connectivity index (χ2n) is 7.35. The number of nitrogens with zero attached hydrogens (tertiary/aromatic N) is 2. The van der Waals surface area contributed by atoms with Crippen LogP contribution in [-0.4, -0.2) is 62.7 Å². The molecular weight excluding hydrogens is 368 g/mol. The van der Waals surface area contributed by atoms with Gasteiger partial charge in [0.25, 0.3) is 0 Å². The molecule has 1 fully saturated rings. The van der Waals surface area contributed by atoms with Crippen LogP contribution < -0.4 is 9.47 Å². The lowest BCUT2D eigenvalue weighted by Gasteiger charge is -2.37. The monoisotopic (exact) mass is 398 g/mol. The Bertz CT molecular complexity index is 816. The number of likely N-dealkylation sites (tertiary alicyclic amines) is 1. The van der Waals surface area contributed by atoms with E-state index in [9.17, 15) is 4.79 Å². The van der Waals surface area contributed by atoms with E-state index in [1.807, 2.05) is 29.2 Å². The standard InChI is InChI=1S/C23H30N2O4/c1-24(14-12-18-8-10-21(27-2)22(16-18)28-3)19-6-4-13-25(17-19)23(26)11-9-20-7-5-15-29-20/h5,7-11,15-16,19H,4,6,12-14,17H2,1-3H3. The fraction of sp³-hybridized carbons (Fsp3) is 0.435. The number of rotatable bonds is 8. The Morgan fingerprint density at radius 3 is 2.83 bits per heavy atom. The summed E-state index contributed by atoms with van der Waals surface area (Å²) in [5.74, 6) is 2.23. The molecular formula is C23H30N2O4. The summed E-state index contributed by atoms with van der Waals surface area (Å²) in [7, 11) is 5.44. The number of methoxy groups -OCH3 is 2. The average molecular weight is 399 g/mol. The number of hydrogen-bond donors (Lipinski definition) is 0. The first-order valence-electron chi connectivity index (χ1n) is 10.0. The van der Waals surface area contributed by atoms with Crippen LogP contribution in [0.4, 0.5) is 0 Å². The molecule has 29 heavy (non-hydrogen) atoms. The van der Waals surface area contributed by atoms with Gasteiger partial charge in [0, 0.05) is 31.8 Å². The van der Waals surface area contributed by atoms with Crippen molar-refractivity contribution in [2.24, 2.45) is 0 Å². The molecule has 0 saturated carbocycles. The van der Waals surface area contributed by atoms with Crippen molar-refractivity contribution in [2.75, 3.05) is 40.9 Å². The Hall–Kier alpha value is -2.73. The molecule has 1 unspecified atom stereocenters. The summed E-state index contributed by atoms with van der Waals surface area (Å²) in [5.41, 5.74) is 1.21. The molecule has 0 spiro atoms. The Kier molecular flexibility index (Phi) is 7.36. The lowest BCUT2D eigenvalue weighted by molar-refractivity contribution is -0.127. The minimum Gasteiger partial charge on any atom is -0.493 e. The maximum absolute atomic E-state index is 12.5. The molecule has 1 aliphatic rings. The zero-order valence-electron chi connectivity index (χ0n) is 17.5. The summed E-state index contributed by atoms with van der Waals surface area (Å²) in [6, 6.07) is 10.1. The third-order valence-electron chi connectivity index (χ3n) is 5.47. The molecule has 1 atom stereocenters. The van der Waals surface area contributed by atoms with Gasteiger partial charge in [-0.15, -0.1) is 0 Å². The minimum absolute atomic E-state index is 0.0411. The molecule has 6 heteroatoms. The van der Waals surface area contributed by atoms with E-state index in [2.05, 4.69) is 18.0 Å². The number of likely N-dealkylation sites (N-methyl/N-ethyl adjacent to an activating group) is 1. The highest BCUT2D eigenvalue weighted by Crippen LogP contribution is 2.28. The van der Waals surface area contributed by atoms with E-state index in [4.69, 9.17) is 13.9 Å². The van der Waals surface area contributed by atoms with Gasteiger partial charge in [-0.05, 0) is 62.2 Å². The molecule has 2 heterocycles. The number of carbonyl (C=O) groups excluding carboxylic acids is 1. The van der Waals surface area contributed by atoms with Crippen LogP contribution in [0.1, 0.15) is 24.2 Å². The molecule has 0 radical (unpaired) electrons. The van der Waals surface area contributed by atoms with E-state index in [0.29, 0.717) is 11.8 Å². The van der Waals surface area contributed by atoms with E-state index >= 15 is 0 Å². The number of piperidine rings is 1. The summed E-state index contributed by atoms with van der Waals surface area (Å²) in [4.78, 5) is 16.8. The second-order valence-corrected chi connectivity index (χ2v) is 7.35. The van der Waals surface area contributed by atoms with E-state index in [-0.39, 0.29) is 5.91 Å². The minimum atomic E-state index is 0.0411. The van der Waals surface area contributed by atoms with E-state index in [1.165, 1.54) is 5.56 Å². The van der Waals surface area contributed by atoms with Gasteiger partial charge >= 0.3 is 0 Å². The number of benzene rings is 1. The van der Waals surface area contributed by atoms with Crippen LogP contribution in [0.3, 0.4) is 0 Å². The molecule has 1 aliphatic heterocycles. The molecule has 6 nitrogen and oxygen atoms in total. The summed E-state index contributed by atoms with van der Waals surface area (Å²) in [6.45, 7) is 2.48. The van der Waals surface area contributed by atoms with Crippen LogP contribution in [0.15, 0.2) is 47.1 Å². The van der Waals surface area contributed by atoms with E-state index < -0.39 is 0 Å². The van der Waals surface area contributed by atoms with Gasteiger partial charge in [0.15, 0.2) is 11.5 Å². The predicted octanol–water partition coefficient (Wildman–Crippen LogP) is 3.48. The molecule has 0 bridgehead atoms. The van der Waals surface area contributed by atoms with Crippen LogP contribution in [0.5, 0.6) is 11.5 Å². The zero-order chi connectivity index (χ0) is 20.6. The Balaban J connectivity index is 1.52. The SMILES string of the molecule is COc1ccc(CCN(C)C2CCCN(C(=O)C=Cc3ccco3)C2)cc1OC. The highest BCUT2D eigenvalue weighted by Gasteiger charge is 2.25. The van der Waals surface area contributed by atoms with E-state index in [1.54, 1.807) is 32.6 Å². The van der Waals surface area contributed by atoms with Crippen LogP contribution in [0.2, 0.25) is 0 Å². The molecule has 1 aromatic carbocycles. The molecule has 0 N–H and O–H groups in total. The average Bonchev–Trinajstić information content (AvgIpc) is 3.29. The van der Waals surface area contributed by atoms with Crippen LogP contribution in [0, 0.1) is 0 Å².